The van der Waals surface area contributed by atoms with Gasteiger partial charge in [-0.25, -0.2) is 0 Å². The van der Waals surface area contributed by atoms with E-state index in [0.717, 1.165) is 0 Å². The van der Waals surface area contributed by atoms with Gasteiger partial charge in [-0.3, -0.25) is 4.79 Å². The van der Waals surface area contributed by atoms with Gasteiger partial charge < -0.3 is 19.9 Å². The highest BCUT2D eigenvalue weighted by Gasteiger charge is 2.26. The zero-order chi connectivity index (χ0) is 15.6. The number of rotatable bonds is 4. The van der Waals surface area contributed by atoms with E-state index in [1.807, 2.05) is 6.07 Å². The van der Waals surface area contributed by atoms with Crippen molar-refractivity contribution in [1.29, 1.82) is 0 Å². The molecule has 3 rings (SSSR count). The lowest BCUT2D eigenvalue weighted by atomic mass is 9.95. The topological polar surface area (TPSA) is 67.8 Å². The number of carbonyl (C=O) groups is 1. The Balaban J connectivity index is 1.69. The van der Waals surface area contributed by atoms with Gasteiger partial charge in [0.05, 0.1) is 6.54 Å². The summed E-state index contributed by atoms with van der Waals surface area (Å²) < 4.78 is 10.6. The molecule has 0 unspecified atom stereocenters. The van der Waals surface area contributed by atoms with Gasteiger partial charge >= 0.3 is 0 Å². The zero-order valence-electron chi connectivity index (χ0n) is 12.2. The predicted octanol–water partition coefficient (Wildman–Crippen LogP) is 2.05. The number of nitrogens with one attached hydrogen (secondary N) is 1. The molecule has 22 heavy (non-hydrogen) atoms. The van der Waals surface area contributed by atoms with Gasteiger partial charge in [-0.1, -0.05) is 24.3 Å². The molecule has 1 heterocycles. The second-order valence-electron chi connectivity index (χ2n) is 5.39. The second kappa shape index (κ2) is 5.69. The van der Waals surface area contributed by atoms with Crippen LogP contribution in [0.15, 0.2) is 48.5 Å². The van der Waals surface area contributed by atoms with Crippen LogP contribution in [0.3, 0.4) is 0 Å². The summed E-state index contributed by atoms with van der Waals surface area (Å²) in [7, 11) is 0. The van der Waals surface area contributed by atoms with E-state index < -0.39 is 5.60 Å². The fraction of sp³-hybridized carbons (Fsp3) is 0.235. The van der Waals surface area contributed by atoms with Crippen molar-refractivity contribution in [2.75, 3.05) is 13.3 Å². The van der Waals surface area contributed by atoms with Crippen LogP contribution in [0.25, 0.3) is 0 Å². The van der Waals surface area contributed by atoms with Gasteiger partial charge in [0, 0.05) is 5.56 Å². The van der Waals surface area contributed by atoms with Gasteiger partial charge in [0.1, 0.15) is 5.60 Å². The second-order valence-corrected chi connectivity index (χ2v) is 5.39. The number of benzene rings is 2. The van der Waals surface area contributed by atoms with Crippen molar-refractivity contribution in [1.82, 2.24) is 5.32 Å². The molecule has 2 aromatic rings. The van der Waals surface area contributed by atoms with Crippen molar-refractivity contribution in [3.8, 4) is 11.5 Å². The molecule has 0 aromatic heterocycles. The lowest BCUT2D eigenvalue weighted by Crippen LogP contribution is -2.38. The average molecular weight is 299 g/mol. The highest BCUT2D eigenvalue weighted by Crippen LogP contribution is 2.35. The summed E-state index contributed by atoms with van der Waals surface area (Å²) in [6.45, 7) is 1.93. The van der Waals surface area contributed by atoms with Gasteiger partial charge in [-0.05, 0) is 36.8 Å². The van der Waals surface area contributed by atoms with Crippen LogP contribution in [0.1, 0.15) is 22.8 Å². The van der Waals surface area contributed by atoms with Crippen LogP contribution in [-0.2, 0) is 5.60 Å². The van der Waals surface area contributed by atoms with E-state index in [1.165, 1.54) is 0 Å². The monoisotopic (exact) mass is 299 g/mol. The highest BCUT2D eigenvalue weighted by atomic mass is 16.7. The molecule has 2 N–H and O–H groups in total. The first-order valence-electron chi connectivity index (χ1n) is 7.02. The van der Waals surface area contributed by atoms with Crippen LogP contribution >= 0.6 is 0 Å². The van der Waals surface area contributed by atoms with E-state index in [-0.39, 0.29) is 19.2 Å². The quantitative estimate of drug-likeness (QED) is 0.906. The first-order chi connectivity index (χ1) is 10.6. The Morgan fingerprint density at radius 1 is 1.18 bits per heavy atom. The normalized spacial score (nSPS) is 15.2. The lowest BCUT2D eigenvalue weighted by Gasteiger charge is -2.24. The summed E-state index contributed by atoms with van der Waals surface area (Å²) in [5, 5.41) is 13.3. The van der Waals surface area contributed by atoms with Crippen molar-refractivity contribution in [2.24, 2.45) is 0 Å². The molecule has 0 radical (unpaired) electrons. The van der Waals surface area contributed by atoms with Crippen molar-refractivity contribution in [3.63, 3.8) is 0 Å². The Kier molecular flexibility index (Phi) is 3.73. The van der Waals surface area contributed by atoms with Gasteiger partial charge in [0.25, 0.3) is 5.91 Å². The molecule has 114 valence electrons. The summed E-state index contributed by atoms with van der Waals surface area (Å²) in [5.41, 5.74) is 0.0138. The van der Waals surface area contributed by atoms with E-state index in [0.29, 0.717) is 22.6 Å². The van der Waals surface area contributed by atoms with Gasteiger partial charge in [0.2, 0.25) is 6.79 Å². The van der Waals surface area contributed by atoms with E-state index in [1.54, 1.807) is 49.4 Å². The first-order valence-corrected chi connectivity index (χ1v) is 7.02. The van der Waals surface area contributed by atoms with Gasteiger partial charge in [-0.2, -0.15) is 0 Å². The average Bonchev–Trinajstić information content (AvgIpc) is 3.01. The van der Waals surface area contributed by atoms with E-state index in [4.69, 9.17) is 9.47 Å². The molecular weight excluding hydrogens is 282 g/mol. The van der Waals surface area contributed by atoms with Crippen molar-refractivity contribution in [3.05, 3.63) is 59.7 Å². The van der Waals surface area contributed by atoms with Crippen LogP contribution in [0.5, 0.6) is 11.5 Å². The number of fused-ring (bicyclic) bond motifs is 1. The number of amides is 1. The molecule has 1 aliphatic rings. The predicted molar refractivity (Wildman–Crippen MR) is 80.9 cm³/mol. The summed E-state index contributed by atoms with van der Waals surface area (Å²) in [6, 6.07) is 14.1. The number of aliphatic hydroxyl groups is 1. The Bertz CT molecular complexity index is 682. The minimum atomic E-state index is -1.20. The van der Waals surface area contributed by atoms with Crippen molar-refractivity contribution < 1.29 is 19.4 Å². The zero-order valence-corrected chi connectivity index (χ0v) is 12.2. The maximum atomic E-state index is 12.0. The highest BCUT2D eigenvalue weighted by molar-refractivity contribution is 5.94. The third-order valence-electron chi connectivity index (χ3n) is 3.62. The molecule has 0 fully saturated rings. The largest absolute Gasteiger partial charge is 0.454 e. The number of hydrogen-bond acceptors (Lipinski definition) is 4. The van der Waals surface area contributed by atoms with Crippen LogP contribution in [-0.4, -0.2) is 24.4 Å². The molecule has 2 aromatic carbocycles. The summed E-state index contributed by atoms with van der Waals surface area (Å²) in [5.74, 6) is 1.04. The van der Waals surface area contributed by atoms with E-state index in [2.05, 4.69) is 5.32 Å². The Hall–Kier alpha value is -2.53. The fourth-order valence-electron chi connectivity index (χ4n) is 2.28. The minimum Gasteiger partial charge on any atom is -0.454 e. The summed E-state index contributed by atoms with van der Waals surface area (Å²) in [6.07, 6.45) is 0. The molecule has 5 nitrogen and oxygen atoms in total. The molecule has 5 heteroatoms. The SMILES string of the molecule is C[C@@](O)(CNC(=O)c1ccccc1)c1ccc2c(c1)OCO2. The molecule has 0 saturated heterocycles. The molecular formula is C17H17NO4. The molecule has 1 aliphatic heterocycles. The Morgan fingerprint density at radius 2 is 1.91 bits per heavy atom. The number of ether oxygens (including phenoxy) is 2. The molecule has 1 amide bonds. The molecule has 0 aliphatic carbocycles. The van der Waals surface area contributed by atoms with Gasteiger partial charge in [-0.15, -0.1) is 0 Å². The smallest absolute Gasteiger partial charge is 0.251 e. The molecule has 0 spiro atoms. The molecule has 1 atom stereocenters. The maximum absolute atomic E-state index is 12.0. The fourth-order valence-corrected chi connectivity index (χ4v) is 2.28. The van der Waals surface area contributed by atoms with Gasteiger partial charge in [0.15, 0.2) is 11.5 Å². The lowest BCUT2D eigenvalue weighted by molar-refractivity contribution is 0.0525. The third kappa shape index (κ3) is 2.89. The van der Waals surface area contributed by atoms with Crippen LogP contribution < -0.4 is 14.8 Å². The van der Waals surface area contributed by atoms with Crippen LogP contribution in [0.4, 0.5) is 0 Å². The van der Waals surface area contributed by atoms with Crippen LogP contribution in [0.2, 0.25) is 0 Å². The number of carbonyl (C=O) groups excluding carboxylic acids is 1. The van der Waals surface area contributed by atoms with Crippen LogP contribution in [0, 0.1) is 0 Å². The molecule has 0 bridgehead atoms. The minimum absolute atomic E-state index is 0.0976. The first kappa shape index (κ1) is 14.4. The standard InChI is InChI=1S/C17H17NO4/c1-17(20,10-18-16(19)12-5-3-2-4-6-12)13-7-8-14-15(9-13)22-11-21-14/h2-9,20H,10-11H2,1H3,(H,18,19)/t17-/m1/s1. The van der Waals surface area contributed by atoms with Crippen molar-refractivity contribution >= 4 is 5.91 Å². The van der Waals surface area contributed by atoms with Crippen molar-refractivity contribution in [2.45, 2.75) is 12.5 Å². The number of hydrogen-bond donors (Lipinski definition) is 2. The summed E-state index contributed by atoms with van der Waals surface area (Å²) >= 11 is 0. The Morgan fingerprint density at radius 3 is 2.68 bits per heavy atom. The molecule has 0 saturated carbocycles. The third-order valence-corrected chi connectivity index (χ3v) is 3.62. The Labute approximate surface area is 128 Å². The summed E-state index contributed by atoms with van der Waals surface area (Å²) in [4.78, 5) is 12.0. The van der Waals surface area contributed by atoms with E-state index >= 15 is 0 Å². The van der Waals surface area contributed by atoms with E-state index in [9.17, 15) is 9.90 Å². The maximum Gasteiger partial charge on any atom is 0.251 e.